The van der Waals surface area contributed by atoms with Crippen LogP contribution < -0.4 is 11.1 Å². The molecule has 0 amide bonds. The maximum atomic E-state index is 9.43. The Bertz CT molecular complexity index is 555. The van der Waals surface area contributed by atoms with Gasteiger partial charge in [-0.05, 0) is 19.4 Å². The number of nitrogen functional groups attached to an aromatic ring is 1. The number of rotatable bonds is 6. The lowest BCUT2D eigenvalue weighted by Gasteiger charge is -2.17. The number of aliphatic hydroxyl groups excluding tert-OH is 1. The van der Waals surface area contributed by atoms with Crippen molar-refractivity contribution in [1.29, 1.82) is 0 Å². The molecule has 0 saturated heterocycles. The summed E-state index contributed by atoms with van der Waals surface area (Å²) >= 11 is 1.64. The van der Waals surface area contributed by atoms with E-state index in [4.69, 9.17) is 5.73 Å². The minimum atomic E-state index is 0.0138. The molecule has 5 nitrogen and oxygen atoms in total. The number of fused-ring (bicyclic) bond motifs is 1. The van der Waals surface area contributed by atoms with Crippen LogP contribution in [0.3, 0.4) is 0 Å². The Morgan fingerprint density at radius 3 is 2.95 bits per heavy atom. The number of aliphatic hydroxyl groups is 1. The second-order valence-corrected chi connectivity index (χ2v) is 5.92. The van der Waals surface area contributed by atoms with Crippen molar-refractivity contribution >= 4 is 33.3 Å². The molecule has 0 spiro atoms. The largest absolute Gasteiger partial charge is 0.394 e. The zero-order chi connectivity index (χ0) is 13.8. The Balaban J connectivity index is 2.27. The molecule has 1 atom stereocenters. The summed E-state index contributed by atoms with van der Waals surface area (Å²) in [5.41, 5.74) is 6.60. The maximum absolute atomic E-state index is 9.43. The smallest absolute Gasteiger partial charge is 0.222 e. The summed E-state index contributed by atoms with van der Waals surface area (Å²) in [5.74, 6) is 0.996. The molecule has 0 radical (unpaired) electrons. The van der Waals surface area contributed by atoms with E-state index in [1.165, 1.54) is 4.88 Å². The Kier molecular flexibility index (Phi) is 4.55. The normalized spacial score (nSPS) is 12.8. The van der Waals surface area contributed by atoms with Crippen molar-refractivity contribution in [3.63, 3.8) is 0 Å². The molecule has 6 heteroatoms. The average Bonchev–Trinajstić information content (AvgIpc) is 2.74. The molecule has 2 rings (SSSR count). The first-order chi connectivity index (χ1) is 9.13. The number of aromatic nitrogens is 2. The van der Waals surface area contributed by atoms with Gasteiger partial charge in [-0.25, -0.2) is 4.98 Å². The quantitative estimate of drug-likeness (QED) is 0.757. The van der Waals surface area contributed by atoms with Crippen molar-refractivity contribution in [2.45, 2.75) is 39.2 Å². The second kappa shape index (κ2) is 6.16. The number of aryl methyl sites for hydroxylation is 1. The van der Waals surface area contributed by atoms with Crippen molar-refractivity contribution < 1.29 is 5.11 Å². The summed E-state index contributed by atoms with van der Waals surface area (Å²) in [6.07, 6.45) is 3.10. The highest BCUT2D eigenvalue weighted by Crippen LogP contribution is 2.30. The molecule has 104 valence electrons. The Hall–Kier alpha value is -1.40. The SMILES string of the molecule is CCCC[C@H](CO)Nc1nc(N)nc2cc(C)sc12. The standard InChI is InChI=1S/C13H20N4OS/c1-3-4-5-9(7-18)15-12-11-10(6-8(2)19-11)16-13(14)17-12/h6,9,18H,3-5,7H2,1-2H3,(H3,14,15,16,17)/t9-/m1/s1. The van der Waals surface area contributed by atoms with Gasteiger partial charge in [0, 0.05) is 4.88 Å². The van der Waals surface area contributed by atoms with Gasteiger partial charge in [-0.1, -0.05) is 19.8 Å². The Morgan fingerprint density at radius 2 is 2.26 bits per heavy atom. The highest BCUT2D eigenvalue weighted by atomic mass is 32.1. The summed E-state index contributed by atoms with van der Waals surface area (Å²) in [4.78, 5) is 9.67. The van der Waals surface area contributed by atoms with Crippen molar-refractivity contribution in [3.8, 4) is 0 Å². The maximum Gasteiger partial charge on any atom is 0.222 e. The van der Waals surface area contributed by atoms with Crippen LogP contribution in [0.15, 0.2) is 6.07 Å². The topological polar surface area (TPSA) is 84.1 Å². The third kappa shape index (κ3) is 3.33. The molecule has 0 aromatic carbocycles. The summed E-state index contributed by atoms with van der Waals surface area (Å²) in [6, 6.07) is 2.02. The van der Waals surface area contributed by atoms with Crippen molar-refractivity contribution in [1.82, 2.24) is 9.97 Å². The zero-order valence-electron chi connectivity index (χ0n) is 11.3. The molecule has 2 aromatic rings. The molecule has 19 heavy (non-hydrogen) atoms. The molecule has 0 aliphatic carbocycles. The minimum absolute atomic E-state index is 0.0138. The summed E-state index contributed by atoms with van der Waals surface area (Å²) in [5, 5.41) is 12.7. The van der Waals surface area contributed by atoms with E-state index < -0.39 is 0 Å². The monoisotopic (exact) mass is 280 g/mol. The predicted octanol–water partition coefficient (Wildman–Crippen LogP) is 2.54. The number of thiophene rings is 1. The van der Waals surface area contributed by atoms with Crippen LogP contribution in [0.5, 0.6) is 0 Å². The number of anilines is 2. The van der Waals surface area contributed by atoms with Crippen LogP contribution in [0, 0.1) is 6.92 Å². The fraction of sp³-hybridized carbons (Fsp3) is 0.538. The lowest BCUT2D eigenvalue weighted by Crippen LogP contribution is -2.24. The molecule has 0 aliphatic rings. The van der Waals surface area contributed by atoms with E-state index in [2.05, 4.69) is 22.2 Å². The highest BCUT2D eigenvalue weighted by molar-refractivity contribution is 7.19. The van der Waals surface area contributed by atoms with E-state index in [1.54, 1.807) is 11.3 Å². The molecule has 2 aromatic heterocycles. The van der Waals surface area contributed by atoms with Crippen LogP contribution in [0.2, 0.25) is 0 Å². The van der Waals surface area contributed by atoms with Gasteiger partial charge in [-0.15, -0.1) is 11.3 Å². The molecule has 4 N–H and O–H groups in total. The number of nitrogens with two attached hydrogens (primary N) is 1. The first-order valence-electron chi connectivity index (χ1n) is 6.55. The molecule has 0 unspecified atom stereocenters. The average molecular weight is 280 g/mol. The van der Waals surface area contributed by atoms with Crippen LogP contribution in [-0.2, 0) is 0 Å². The minimum Gasteiger partial charge on any atom is -0.394 e. The molecular formula is C13H20N4OS. The predicted molar refractivity (Wildman–Crippen MR) is 80.6 cm³/mol. The Labute approximate surface area is 116 Å². The van der Waals surface area contributed by atoms with Crippen molar-refractivity contribution in [3.05, 3.63) is 10.9 Å². The number of hydrogen-bond donors (Lipinski definition) is 3. The highest BCUT2D eigenvalue weighted by Gasteiger charge is 2.13. The summed E-state index contributed by atoms with van der Waals surface area (Å²) in [6.45, 7) is 4.26. The first-order valence-corrected chi connectivity index (χ1v) is 7.36. The number of unbranched alkanes of at least 4 members (excludes halogenated alkanes) is 1. The number of hydrogen-bond acceptors (Lipinski definition) is 6. The van der Waals surface area contributed by atoms with E-state index in [0.29, 0.717) is 0 Å². The van der Waals surface area contributed by atoms with Gasteiger partial charge in [-0.2, -0.15) is 4.98 Å². The molecule has 0 bridgehead atoms. The fourth-order valence-corrected chi connectivity index (χ4v) is 2.92. The first kappa shape index (κ1) is 14.0. The van der Waals surface area contributed by atoms with Crippen LogP contribution in [0.25, 0.3) is 10.2 Å². The van der Waals surface area contributed by atoms with Gasteiger partial charge in [0.05, 0.1) is 22.9 Å². The van der Waals surface area contributed by atoms with Gasteiger partial charge >= 0.3 is 0 Å². The summed E-state index contributed by atoms with van der Waals surface area (Å²) < 4.78 is 1.00. The van der Waals surface area contributed by atoms with Gasteiger partial charge in [0.1, 0.15) is 5.82 Å². The van der Waals surface area contributed by atoms with Crippen molar-refractivity contribution in [2.75, 3.05) is 17.7 Å². The van der Waals surface area contributed by atoms with E-state index >= 15 is 0 Å². The lowest BCUT2D eigenvalue weighted by molar-refractivity contribution is 0.267. The fourth-order valence-electron chi connectivity index (χ4n) is 2.02. The molecule has 0 aliphatic heterocycles. The zero-order valence-corrected chi connectivity index (χ0v) is 12.1. The lowest BCUT2D eigenvalue weighted by atomic mass is 10.1. The van der Waals surface area contributed by atoms with Crippen molar-refractivity contribution in [2.24, 2.45) is 0 Å². The second-order valence-electron chi connectivity index (χ2n) is 4.67. The van der Waals surface area contributed by atoms with Crippen LogP contribution >= 0.6 is 11.3 Å². The third-order valence-corrected chi connectivity index (χ3v) is 4.03. The molecular weight excluding hydrogens is 260 g/mol. The van der Waals surface area contributed by atoms with E-state index in [9.17, 15) is 5.11 Å². The number of nitrogens with zero attached hydrogens (tertiary/aromatic N) is 2. The van der Waals surface area contributed by atoms with Gasteiger partial charge < -0.3 is 16.2 Å². The van der Waals surface area contributed by atoms with Gasteiger partial charge in [0.2, 0.25) is 5.95 Å². The van der Waals surface area contributed by atoms with Crippen LogP contribution in [0.4, 0.5) is 11.8 Å². The summed E-state index contributed by atoms with van der Waals surface area (Å²) in [7, 11) is 0. The molecule has 0 saturated carbocycles. The van der Waals surface area contributed by atoms with Gasteiger partial charge in [0.15, 0.2) is 0 Å². The van der Waals surface area contributed by atoms with Crippen LogP contribution in [0.1, 0.15) is 31.1 Å². The van der Waals surface area contributed by atoms with Crippen LogP contribution in [-0.4, -0.2) is 27.7 Å². The van der Waals surface area contributed by atoms with Gasteiger partial charge in [-0.3, -0.25) is 0 Å². The third-order valence-electron chi connectivity index (χ3n) is 2.98. The van der Waals surface area contributed by atoms with Gasteiger partial charge in [0.25, 0.3) is 0 Å². The van der Waals surface area contributed by atoms with E-state index in [1.807, 2.05) is 13.0 Å². The number of nitrogens with one attached hydrogen (secondary N) is 1. The van der Waals surface area contributed by atoms with E-state index in [0.717, 1.165) is 35.3 Å². The Morgan fingerprint density at radius 1 is 1.47 bits per heavy atom. The molecule has 0 fully saturated rings. The van der Waals surface area contributed by atoms with E-state index in [-0.39, 0.29) is 18.6 Å². The molecule has 2 heterocycles.